The van der Waals surface area contributed by atoms with Crippen molar-refractivity contribution in [1.82, 2.24) is 0 Å². The molecule has 1 aliphatic carbocycles. The standard InChI is InChI=1S/C16H26O4/c17-14(18)15(8-10-19-11-9-15)12-13-4-7-16(20-13)5-2-1-3-6-16/h13H,1-12H2,(H,17,18). The van der Waals surface area contributed by atoms with E-state index < -0.39 is 11.4 Å². The quantitative estimate of drug-likeness (QED) is 0.864. The molecule has 3 fully saturated rings. The lowest BCUT2D eigenvalue weighted by atomic mass is 9.75. The van der Waals surface area contributed by atoms with Crippen LogP contribution in [0.1, 0.15) is 64.2 Å². The molecule has 2 aliphatic heterocycles. The van der Waals surface area contributed by atoms with Crippen LogP contribution < -0.4 is 0 Å². The maximum atomic E-state index is 11.7. The zero-order chi connectivity index (χ0) is 14.1. The zero-order valence-corrected chi connectivity index (χ0v) is 12.2. The van der Waals surface area contributed by atoms with Gasteiger partial charge in [-0.2, -0.15) is 0 Å². The number of aliphatic carboxylic acids is 1. The lowest BCUT2D eigenvalue weighted by Gasteiger charge is -2.37. The summed E-state index contributed by atoms with van der Waals surface area (Å²) >= 11 is 0. The largest absolute Gasteiger partial charge is 0.481 e. The predicted octanol–water partition coefficient (Wildman–Crippen LogP) is 3.14. The van der Waals surface area contributed by atoms with Gasteiger partial charge in [-0.05, 0) is 44.9 Å². The van der Waals surface area contributed by atoms with Crippen molar-refractivity contribution >= 4 is 5.97 Å². The molecule has 20 heavy (non-hydrogen) atoms. The van der Waals surface area contributed by atoms with Gasteiger partial charge in [-0.1, -0.05) is 19.3 Å². The third-order valence-corrected chi connectivity index (χ3v) is 5.63. The summed E-state index contributed by atoms with van der Waals surface area (Å²) in [5.41, 5.74) is -0.517. The number of ether oxygens (including phenoxy) is 2. The van der Waals surface area contributed by atoms with E-state index in [0.29, 0.717) is 32.5 Å². The molecule has 1 N–H and O–H groups in total. The molecule has 4 nitrogen and oxygen atoms in total. The first-order valence-corrected chi connectivity index (χ1v) is 8.13. The van der Waals surface area contributed by atoms with Crippen molar-refractivity contribution in [1.29, 1.82) is 0 Å². The minimum absolute atomic E-state index is 0.0910. The molecule has 2 saturated heterocycles. The van der Waals surface area contributed by atoms with Gasteiger partial charge in [-0.25, -0.2) is 0 Å². The van der Waals surface area contributed by atoms with Crippen LogP contribution >= 0.6 is 0 Å². The molecule has 0 aromatic carbocycles. The first-order valence-electron chi connectivity index (χ1n) is 8.13. The Hall–Kier alpha value is -0.610. The van der Waals surface area contributed by atoms with E-state index >= 15 is 0 Å². The van der Waals surface area contributed by atoms with Gasteiger partial charge in [0.05, 0.1) is 17.1 Å². The molecular formula is C16H26O4. The maximum absolute atomic E-state index is 11.7. The van der Waals surface area contributed by atoms with Crippen molar-refractivity contribution in [3.63, 3.8) is 0 Å². The molecule has 0 amide bonds. The highest BCUT2D eigenvalue weighted by Crippen LogP contribution is 2.46. The molecule has 0 aromatic heterocycles. The average molecular weight is 282 g/mol. The Balaban J connectivity index is 1.63. The van der Waals surface area contributed by atoms with Crippen LogP contribution in [-0.2, 0) is 14.3 Å². The molecular weight excluding hydrogens is 256 g/mol. The molecule has 4 heteroatoms. The summed E-state index contributed by atoms with van der Waals surface area (Å²) in [4.78, 5) is 11.7. The third kappa shape index (κ3) is 2.73. The second-order valence-electron chi connectivity index (χ2n) is 6.92. The van der Waals surface area contributed by atoms with Crippen LogP contribution in [0.2, 0.25) is 0 Å². The molecule has 1 unspecified atom stereocenters. The van der Waals surface area contributed by atoms with Crippen LogP contribution in [0.4, 0.5) is 0 Å². The summed E-state index contributed by atoms with van der Waals surface area (Å²) in [5.74, 6) is -0.658. The summed E-state index contributed by atoms with van der Waals surface area (Å²) in [6.45, 7) is 1.15. The SMILES string of the molecule is O=C(O)C1(CC2CCC3(CCCCC3)O2)CCOCC1. The van der Waals surface area contributed by atoms with E-state index in [1.54, 1.807) is 0 Å². The molecule has 0 bridgehead atoms. The van der Waals surface area contributed by atoms with Crippen molar-refractivity contribution in [3.05, 3.63) is 0 Å². The minimum Gasteiger partial charge on any atom is -0.481 e. The van der Waals surface area contributed by atoms with Crippen LogP contribution in [-0.4, -0.2) is 36.0 Å². The fourth-order valence-electron chi connectivity index (χ4n) is 4.31. The predicted molar refractivity (Wildman–Crippen MR) is 74.7 cm³/mol. The van der Waals surface area contributed by atoms with Gasteiger partial charge in [0.1, 0.15) is 0 Å². The van der Waals surface area contributed by atoms with E-state index in [0.717, 1.165) is 12.8 Å². The smallest absolute Gasteiger partial charge is 0.309 e. The summed E-state index contributed by atoms with van der Waals surface area (Å²) in [6.07, 6.45) is 10.5. The zero-order valence-electron chi connectivity index (χ0n) is 12.2. The monoisotopic (exact) mass is 282 g/mol. The summed E-state index contributed by atoms with van der Waals surface area (Å²) in [5, 5.41) is 9.64. The number of hydrogen-bond acceptors (Lipinski definition) is 3. The van der Waals surface area contributed by atoms with Crippen molar-refractivity contribution in [3.8, 4) is 0 Å². The Morgan fingerprint density at radius 1 is 1.05 bits per heavy atom. The number of carboxylic acids is 1. The summed E-state index contributed by atoms with van der Waals surface area (Å²) < 4.78 is 11.7. The van der Waals surface area contributed by atoms with Crippen LogP contribution in [0.15, 0.2) is 0 Å². The molecule has 114 valence electrons. The fourth-order valence-corrected chi connectivity index (χ4v) is 4.31. The Morgan fingerprint density at radius 3 is 2.40 bits per heavy atom. The van der Waals surface area contributed by atoms with E-state index in [4.69, 9.17) is 9.47 Å². The molecule has 3 aliphatic rings. The van der Waals surface area contributed by atoms with Crippen molar-refractivity contribution < 1.29 is 19.4 Å². The van der Waals surface area contributed by atoms with E-state index in [1.807, 2.05) is 0 Å². The topological polar surface area (TPSA) is 55.8 Å². The third-order valence-electron chi connectivity index (χ3n) is 5.63. The highest BCUT2D eigenvalue weighted by atomic mass is 16.5. The molecule has 0 radical (unpaired) electrons. The molecule has 2 heterocycles. The highest BCUT2D eigenvalue weighted by molar-refractivity contribution is 5.74. The Bertz CT molecular complexity index is 353. The van der Waals surface area contributed by atoms with E-state index in [1.165, 1.54) is 32.1 Å². The van der Waals surface area contributed by atoms with Gasteiger partial charge in [0, 0.05) is 13.2 Å². The van der Waals surface area contributed by atoms with Crippen molar-refractivity contribution in [2.75, 3.05) is 13.2 Å². The van der Waals surface area contributed by atoms with Gasteiger partial charge in [-0.15, -0.1) is 0 Å². The Labute approximate surface area is 120 Å². The lowest BCUT2D eigenvalue weighted by Crippen LogP contribution is -2.41. The van der Waals surface area contributed by atoms with Crippen LogP contribution in [0.3, 0.4) is 0 Å². The van der Waals surface area contributed by atoms with E-state index in [2.05, 4.69) is 0 Å². The van der Waals surface area contributed by atoms with Gasteiger partial charge >= 0.3 is 5.97 Å². The van der Waals surface area contributed by atoms with E-state index in [-0.39, 0.29) is 11.7 Å². The van der Waals surface area contributed by atoms with Gasteiger partial charge < -0.3 is 14.6 Å². The Kier molecular flexibility index (Phi) is 4.04. The van der Waals surface area contributed by atoms with Gasteiger partial charge in [0.25, 0.3) is 0 Å². The maximum Gasteiger partial charge on any atom is 0.309 e. The van der Waals surface area contributed by atoms with Gasteiger partial charge in [0.2, 0.25) is 0 Å². The van der Waals surface area contributed by atoms with Crippen LogP contribution in [0.5, 0.6) is 0 Å². The molecule has 1 atom stereocenters. The van der Waals surface area contributed by atoms with E-state index in [9.17, 15) is 9.90 Å². The minimum atomic E-state index is -0.658. The van der Waals surface area contributed by atoms with Crippen molar-refractivity contribution in [2.45, 2.75) is 75.9 Å². The first kappa shape index (κ1) is 14.3. The van der Waals surface area contributed by atoms with Gasteiger partial charge in [-0.3, -0.25) is 4.79 Å². The highest BCUT2D eigenvalue weighted by Gasteiger charge is 2.47. The summed E-state index contributed by atoms with van der Waals surface area (Å²) in [6, 6.07) is 0. The number of hydrogen-bond donors (Lipinski definition) is 1. The first-order chi connectivity index (χ1) is 9.64. The van der Waals surface area contributed by atoms with Crippen LogP contribution in [0, 0.1) is 5.41 Å². The lowest BCUT2D eigenvalue weighted by molar-refractivity contribution is -0.160. The second kappa shape index (κ2) is 5.64. The average Bonchev–Trinajstić information content (AvgIpc) is 2.83. The molecule has 1 saturated carbocycles. The molecule has 0 aromatic rings. The fraction of sp³-hybridized carbons (Fsp3) is 0.938. The second-order valence-corrected chi connectivity index (χ2v) is 6.92. The molecule has 1 spiro atoms. The molecule has 3 rings (SSSR count). The normalized spacial score (nSPS) is 32.3. The Morgan fingerprint density at radius 2 is 1.75 bits per heavy atom. The van der Waals surface area contributed by atoms with Crippen molar-refractivity contribution in [2.24, 2.45) is 5.41 Å². The number of carbonyl (C=O) groups is 1. The summed E-state index contributed by atoms with van der Waals surface area (Å²) in [7, 11) is 0. The van der Waals surface area contributed by atoms with Crippen LogP contribution in [0.25, 0.3) is 0 Å². The van der Waals surface area contributed by atoms with Gasteiger partial charge in [0.15, 0.2) is 0 Å². The number of rotatable bonds is 3. The number of carboxylic acid groups (broad SMARTS) is 1.